The minimum absolute atomic E-state index is 0.0320. The van der Waals surface area contributed by atoms with E-state index in [1.807, 2.05) is 30.5 Å². The fourth-order valence-electron chi connectivity index (χ4n) is 3.17. The van der Waals surface area contributed by atoms with E-state index < -0.39 is 15.9 Å². The molecule has 0 radical (unpaired) electrons. The smallest absolute Gasteiger partial charge is 0.244 e. The molecule has 9 heteroatoms. The molecule has 1 fully saturated rings. The van der Waals surface area contributed by atoms with Gasteiger partial charge in [0.25, 0.3) is 0 Å². The van der Waals surface area contributed by atoms with Crippen LogP contribution in [0.15, 0.2) is 52.3 Å². The van der Waals surface area contributed by atoms with Crippen LogP contribution < -0.4 is 5.32 Å². The molecule has 0 saturated carbocycles. The van der Waals surface area contributed by atoms with Crippen molar-refractivity contribution in [2.75, 3.05) is 24.7 Å². The minimum atomic E-state index is -3.83. The second-order valence-corrected chi connectivity index (χ2v) is 10.1. The normalized spacial score (nSPS) is 18.0. The van der Waals surface area contributed by atoms with Crippen LogP contribution in [0.25, 0.3) is 0 Å². The molecule has 1 atom stereocenters. The molecule has 0 aliphatic carbocycles. The average Bonchev–Trinajstić information content (AvgIpc) is 2.70. The zero-order valence-corrected chi connectivity index (χ0v) is 18.3. The van der Waals surface area contributed by atoms with Gasteiger partial charge in [-0.05, 0) is 49.4 Å². The molecule has 150 valence electrons. The monoisotopic (exact) mass is 458 g/mol. The number of carbonyl (C=O) groups excluding carboxylic acids is 1. The van der Waals surface area contributed by atoms with Crippen LogP contribution in [-0.2, 0) is 14.8 Å². The number of rotatable bonds is 5. The van der Waals surface area contributed by atoms with Gasteiger partial charge < -0.3 is 5.32 Å². The van der Waals surface area contributed by atoms with E-state index in [9.17, 15) is 13.2 Å². The third-order valence-electron chi connectivity index (χ3n) is 4.63. The van der Waals surface area contributed by atoms with Crippen molar-refractivity contribution >= 4 is 56.6 Å². The van der Waals surface area contributed by atoms with Crippen molar-refractivity contribution in [2.45, 2.75) is 22.6 Å². The number of sulfonamides is 1. The van der Waals surface area contributed by atoms with Crippen LogP contribution in [-0.4, -0.2) is 38.0 Å². The van der Waals surface area contributed by atoms with Crippen molar-refractivity contribution in [2.24, 2.45) is 5.92 Å². The van der Waals surface area contributed by atoms with Crippen LogP contribution in [0.4, 0.5) is 5.69 Å². The predicted molar refractivity (Wildman–Crippen MR) is 115 cm³/mol. The summed E-state index contributed by atoms with van der Waals surface area (Å²) >= 11 is 13.6. The van der Waals surface area contributed by atoms with Crippen LogP contribution >= 0.6 is 35.0 Å². The van der Waals surface area contributed by atoms with E-state index in [4.69, 9.17) is 23.2 Å². The van der Waals surface area contributed by atoms with E-state index in [1.165, 1.54) is 16.4 Å². The maximum atomic E-state index is 13.0. The largest absolute Gasteiger partial charge is 0.325 e. The van der Waals surface area contributed by atoms with Crippen molar-refractivity contribution in [1.29, 1.82) is 0 Å². The number of para-hydroxylation sites is 1. The molecule has 1 saturated heterocycles. The van der Waals surface area contributed by atoms with Gasteiger partial charge in [-0.15, -0.1) is 11.8 Å². The van der Waals surface area contributed by atoms with Crippen LogP contribution in [0.2, 0.25) is 10.0 Å². The molecule has 1 aliphatic rings. The molecular weight excluding hydrogens is 439 g/mol. The van der Waals surface area contributed by atoms with Gasteiger partial charge >= 0.3 is 0 Å². The molecule has 0 unspecified atom stereocenters. The van der Waals surface area contributed by atoms with E-state index in [0.29, 0.717) is 24.4 Å². The second kappa shape index (κ2) is 9.05. The topological polar surface area (TPSA) is 66.5 Å². The fraction of sp³-hybridized carbons (Fsp3) is 0.316. The van der Waals surface area contributed by atoms with Crippen molar-refractivity contribution in [3.63, 3.8) is 0 Å². The number of nitrogens with zero attached hydrogens (tertiary/aromatic N) is 1. The third kappa shape index (κ3) is 4.66. The maximum absolute atomic E-state index is 13.0. The molecule has 28 heavy (non-hydrogen) atoms. The number of halogens is 2. The minimum Gasteiger partial charge on any atom is -0.325 e. The average molecular weight is 459 g/mol. The summed E-state index contributed by atoms with van der Waals surface area (Å²) in [4.78, 5) is 13.7. The number of anilines is 1. The van der Waals surface area contributed by atoms with Gasteiger partial charge in [-0.1, -0.05) is 35.3 Å². The Hall–Kier alpha value is -1.25. The first kappa shape index (κ1) is 21.5. The summed E-state index contributed by atoms with van der Waals surface area (Å²) in [5, 5.41) is 3.35. The van der Waals surface area contributed by atoms with Gasteiger partial charge in [0.15, 0.2) is 0 Å². The fourth-order valence-corrected chi connectivity index (χ4v) is 5.99. The molecule has 1 heterocycles. The van der Waals surface area contributed by atoms with E-state index in [2.05, 4.69) is 5.32 Å². The number of hydrogen-bond acceptors (Lipinski definition) is 4. The number of thioether (sulfide) groups is 1. The zero-order chi connectivity index (χ0) is 20.3. The van der Waals surface area contributed by atoms with Gasteiger partial charge in [0, 0.05) is 23.0 Å². The molecule has 1 amide bonds. The SMILES string of the molecule is CSc1ccccc1NC(=O)[C@@H]1CCCN(S(=O)(=O)c2cc(Cl)ccc2Cl)C1. The lowest BCUT2D eigenvalue weighted by Crippen LogP contribution is -2.43. The van der Waals surface area contributed by atoms with Gasteiger partial charge in [0.05, 0.1) is 16.6 Å². The predicted octanol–water partition coefficient (Wildman–Crippen LogP) is 4.75. The summed E-state index contributed by atoms with van der Waals surface area (Å²) in [6.07, 6.45) is 3.16. The number of benzene rings is 2. The summed E-state index contributed by atoms with van der Waals surface area (Å²) in [6.45, 7) is 0.453. The van der Waals surface area contributed by atoms with Crippen LogP contribution in [0.1, 0.15) is 12.8 Å². The zero-order valence-electron chi connectivity index (χ0n) is 15.2. The molecule has 5 nitrogen and oxygen atoms in total. The Morgan fingerprint density at radius 2 is 1.96 bits per heavy atom. The van der Waals surface area contributed by atoms with Gasteiger partial charge in [0.2, 0.25) is 15.9 Å². The van der Waals surface area contributed by atoms with Crippen molar-refractivity contribution in [3.8, 4) is 0 Å². The summed E-state index contributed by atoms with van der Waals surface area (Å²) in [5.74, 6) is -0.616. The molecule has 2 aromatic rings. The number of carbonyl (C=O) groups is 1. The maximum Gasteiger partial charge on any atom is 0.244 e. The van der Waals surface area contributed by atoms with Crippen molar-refractivity contribution in [1.82, 2.24) is 4.31 Å². The highest BCUT2D eigenvalue weighted by Gasteiger charge is 2.34. The Bertz CT molecular complexity index is 983. The summed E-state index contributed by atoms with van der Waals surface area (Å²) < 4.78 is 27.4. The molecule has 1 N–H and O–H groups in total. The Labute approximate surface area is 179 Å². The lowest BCUT2D eigenvalue weighted by molar-refractivity contribution is -0.120. The second-order valence-electron chi connectivity index (χ2n) is 6.47. The number of hydrogen-bond donors (Lipinski definition) is 1. The van der Waals surface area contributed by atoms with Gasteiger partial charge in [0.1, 0.15) is 4.90 Å². The van der Waals surface area contributed by atoms with E-state index in [0.717, 1.165) is 10.6 Å². The summed E-state index contributed by atoms with van der Waals surface area (Å²) in [5.41, 5.74) is 0.734. The van der Waals surface area contributed by atoms with Crippen molar-refractivity contribution in [3.05, 3.63) is 52.5 Å². The molecule has 0 bridgehead atoms. The summed E-state index contributed by atoms with van der Waals surface area (Å²) in [6, 6.07) is 11.9. The van der Waals surface area contributed by atoms with E-state index in [-0.39, 0.29) is 22.4 Å². The van der Waals surface area contributed by atoms with Gasteiger partial charge in [-0.2, -0.15) is 4.31 Å². The Morgan fingerprint density at radius 3 is 2.71 bits per heavy atom. The lowest BCUT2D eigenvalue weighted by atomic mass is 9.99. The first-order chi connectivity index (χ1) is 13.3. The number of piperidine rings is 1. The quantitative estimate of drug-likeness (QED) is 0.656. The molecule has 0 spiro atoms. The van der Waals surface area contributed by atoms with Gasteiger partial charge in [-0.3, -0.25) is 4.79 Å². The Morgan fingerprint density at radius 1 is 1.21 bits per heavy atom. The van der Waals surface area contributed by atoms with Crippen LogP contribution in [0.5, 0.6) is 0 Å². The Kier molecular flexibility index (Phi) is 6.94. The highest BCUT2D eigenvalue weighted by Crippen LogP contribution is 2.31. The highest BCUT2D eigenvalue weighted by molar-refractivity contribution is 7.98. The number of amides is 1. The number of nitrogens with one attached hydrogen (secondary N) is 1. The first-order valence-corrected chi connectivity index (χ1v) is 12.1. The molecule has 2 aromatic carbocycles. The first-order valence-electron chi connectivity index (χ1n) is 8.72. The van der Waals surface area contributed by atoms with E-state index >= 15 is 0 Å². The van der Waals surface area contributed by atoms with Gasteiger partial charge in [-0.25, -0.2) is 8.42 Å². The molecular formula is C19H20Cl2N2O3S2. The highest BCUT2D eigenvalue weighted by atomic mass is 35.5. The van der Waals surface area contributed by atoms with Crippen molar-refractivity contribution < 1.29 is 13.2 Å². The third-order valence-corrected chi connectivity index (χ3v) is 8.01. The molecule has 0 aromatic heterocycles. The van der Waals surface area contributed by atoms with Crippen LogP contribution in [0, 0.1) is 5.92 Å². The molecule has 1 aliphatic heterocycles. The summed E-state index contributed by atoms with van der Waals surface area (Å²) in [7, 11) is -3.83. The lowest BCUT2D eigenvalue weighted by Gasteiger charge is -2.31. The Balaban J connectivity index is 1.78. The standard InChI is InChI=1S/C19H20Cl2N2O3S2/c1-27-17-7-3-2-6-16(17)22-19(24)13-5-4-10-23(12-13)28(25,26)18-11-14(20)8-9-15(18)21/h2-3,6-9,11,13H,4-5,10,12H2,1H3,(H,22,24)/t13-/m1/s1. The molecule has 3 rings (SSSR count). The van der Waals surface area contributed by atoms with E-state index in [1.54, 1.807) is 17.8 Å². The van der Waals surface area contributed by atoms with Crippen LogP contribution in [0.3, 0.4) is 0 Å².